The zero-order valence-electron chi connectivity index (χ0n) is 13.4. The zero-order valence-corrected chi connectivity index (χ0v) is 14.2. The first kappa shape index (κ1) is 17.9. The maximum atomic E-state index is 12.4. The van der Waals surface area contributed by atoms with Gasteiger partial charge in [0.05, 0.1) is 5.69 Å². The molecule has 2 N–H and O–H groups in total. The second-order valence-electron chi connectivity index (χ2n) is 6.36. The van der Waals surface area contributed by atoms with Crippen molar-refractivity contribution in [3.8, 4) is 0 Å². The van der Waals surface area contributed by atoms with Crippen molar-refractivity contribution in [1.82, 2.24) is 4.31 Å². The number of hydrogen-bond acceptors (Lipinski definition) is 4. The average Bonchev–Trinajstić information content (AvgIpc) is 2.37. The number of nitrogens with one attached hydrogen (secondary N) is 1. The van der Waals surface area contributed by atoms with Crippen molar-refractivity contribution in [3.63, 3.8) is 0 Å². The molecular formula is C15H26N2O3S. The number of nitrogens with zero attached hydrogens (tertiary/aromatic N) is 1. The van der Waals surface area contributed by atoms with E-state index in [2.05, 4.69) is 26.1 Å². The van der Waals surface area contributed by atoms with Gasteiger partial charge in [0, 0.05) is 26.7 Å². The quantitative estimate of drug-likeness (QED) is 0.844. The van der Waals surface area contributed by atoms with Crippen LogP contribution in [0.2, 0.25) is 0 Å². The molecule has 0 saturated carbocycles. The molecule has 120 valence electrons. The van der Waals surface area contributed by atoms with Crippen LogP contribution in [0.5, 0.6) is 0 Å². The molecule has 0 radical (unpaired) electrons. The van der Waals surface area contributed by atoms with E-state index in [1.54, 1.807) is 24.3 Å². The Morgan fingerprint density at radius 2 is 1.81 bits per heavy atom. The van der Waals surface area contributed by atoms with E-state index in [-0.39, 0.29) is 23.0 Å². The Kier molecular flexibility index (Phi) is 5.78. The Morgan fingerprint density at radius 3 is 2.29 bits per heavy atom. The molecule has 0 bridgehead atoms. The number of aliphatic hydroxyl groups excluding tert-OH is 1. The molecule has 0 fully saturated rings. The van der Waals surface area contributed by atoms with Gasteiger partial charge in [-0.1, -0.05) is 32.9 Å². The molecule has 0 aliphatic heterocycles. The number of hydrogen-bond donors (Lipinski definition) is 2. The molecule has 1 aromatic rings. The van der Waals surface area contributed by atoms with Crippen LogP contribution in [0.4, 0.5) is 5.69 Å². The minimum absolute atomic E-state index is 0.0268. The van der Waals surface area contributed by atoms with Gasteiger partial charge < -0.3 is 10.4 Å². The Balaban J connectivity index is 3.21. The van der Waals surface area contributed by atoms with Gasteiger partial charge in [0.2, 0.25) is 10.0 Å². The lowest BCUT2D eigenvalue weighted by Gasteiger charge is -2.32. The summed E-state index contributed by atoms with van der Waals surface area (Å²) in [5.41, 5.74) is 0.470. The number of anilines is 1. The van der Waals surface area contributed by atoms with Gasteiger partial charge in [0.25, 0.3) is 0 Å². The van der Waals surface area contributed by atoms with Crippen molar-refractivity contribution in [2.75, 3.05) is 26.0 Å². The maximum absolute atomic E-state index is 12.4. The monoisotopic (exact) mass is 314 g/mol. The average molecular weight is 314 g/mol. The second-order valence-corrected chi connectivity index (χ2v) is 8.48. The van der Waals surface area contributed by atoms with Crippen LogP contribution in [0.3, 0.4) is 0 Å². The highest BCUT2D eigenvalue weighted by molar-refractivity contribution is 7.89. The third-order valence-corrected chi connectivity index (χ3v) is 5.31. The van der Waals surface area contributed by atoms with Crippen molar-refractivity contribution >= 4 is 15.7 Å². The van der Waals surface area contributed by atoms with Gasteiger partial charge in [0.1, 0.15) is 4.90 Å². The third-order valence-electron chi connectivity index (χ3n) is 3.44. The number of para-hydroxylation sites is 1. The van der Waals surface area contributed by atoms with Gasteiger partial charge in [-0.25, -0.2) is 12.7 Å². The van der Waals surface area contributed by atoms with E-state index in [4.69, 9.17) is 0 Å². The number of rotatable bonds is 6. The summed E-state index contributed by atoms with van der Waals surface area (Å²) in [5, 5.41) is 12.5. The Bertz CT molecular complexity index is 563. The smallest absolute Gasteiger partial charge is 0.244 e. The lowest BCUT2D eigenvalue weighted by atomic mass is 9.85. The fraction of sp³-hybridized carbons (Fsp3) is 0.600. The van der Waals surface area contributed by atoms with E-state index in [0.717, 1.165) is 0 Å². The second kappa shape index (κ2) is 6.77. The number of aliphatic hydroxyl groups is 1. The van der Waals surface area contributed by atoms with Crippen LogP contribution in [-0.4, -0.2) is 44.6 Å². The lowest BCUT2D eigenvalue weighted by Crippen LogP contribution is -2.35. The standard InChI is InChI=1S/C15H26N2O3S/c1-15(2,3)14(10-11-18)16-12-8-6-7-9-13(12)21(19,20)17(4)5/h6-9,14,16,18H,10-11H2,1-5H3. The largest absolute Gasteiger partial charge is 0.396 e. The van der Waals surface area contributed by atoms with E-state index in [0.29, 0.717) is 12.1 Å². The molecule has 21 heavy (non-hydrogen) atoms. The molecule has 6 heteroatoms. The zero-order chi connectivity index (χ0) is 16.3. The number of benzene rings is 1. The van der Waals surface area contributed by atoms with Crippen LogP contribution in [0, 0.1) is 5.41 Å². The highest BCUT2D eigenvalue weighted by Crippen LogP contribution is 2.29. The maximum Gasteiger partial charge on any atom is 0.244 e. The predicted molar refractivity (Wildman–Crippen MR) is 85.9 cm³/mol. The molecule has 1 atom stereocenters. The molecule has 0 aromatic heterocycles. The molecule has 1 aromatic carbocycles. The molecule has 0 amide bonds. The van der Waals surface area contributed by atoms with Crippen molar-refractivity contribution in [3.05, 3.63) is 24.3 Å². The Hall–Kier alpha value is -1.11. The Morgan fingerprint density at radius 1 is 1.24 bits per heavy atom. The summed E-state index contributed by atoms with van der Waals surface area (Å²) in [5.74, 6) is 0. The summed E-state index contributed by atoms with van der Waals surface area (Å²) in [6.07, 6.45) is 0.555. The number of sulfonamides is 1. The van der Waals surface area contributed by atoms with Crippen LogP contribution < -0.4 is 5.32 Å². The molecule has 0 aliphatic carbocycles. The van der Waals surface area contributed by atoms with Crippen molar-refractivity contribution in [1.29, 1.82) is 0 Å². The first-order chi connectivity index (χ1) is 9.60. The van der Waals surface area contributed by atoms with Crippen LogP contribution in [0.1, 0.15) is 27.2 Å². The molecule has 0 aliphatic rings. The summed E-state index contributed by atoms with van der Waals surface area (Å²) < 4.78 is 26.0. The molecule has 0 heterocycles. The van der Waals surface area contributed by atoms with Crippen molar-refractivity contribution < 1.29 is 13.5 Å². The molecule has 0 saturated heterocycles. The van der Waals surface area contributed by atoms with Crippen molar-refractivity contribution in [2.24, 2.45) is 5.41 Å². The molecular weight excluding hydrogens is 288 g/mol. The van der Waals surface area contributed by atoms with Crippen LogP contribution in [0.25, 0.3) is 0 Å². The summed E-state index contributed by atoms with van der Waals surface area (Å²) in [6, 6.07) is 6.83. The predicted octanol–water partition coefficient (Wildman–Crippen LogP) is 2.15. The highest BCUT2D eigenvalue weighted by Gasteiger charge is 2.27. The van der Waals surface area contributed by atoms with Gasteiger partial charge in [-0.2, -0.15) is 0 Å². The summed E-state index contributed by atoms with van der Waals surface area (Å²) >= 11 is 0. The van der Waals surface area contributed by atoms with Gasteiger partial charge in [-0.05, 0) is 24.0 Å². The van der Waals surface area contributed by atoms with Crippen LogP contribution >= 0.6 is 0 Å². The first-order valence-electron chi connectivity index (χ1n) is 6.99. The van der Waals surface area contributed by atoms with Crippen LogP contribution in [0.15, 0.2) is 29.2 Å². The van der Waals surface area contributed by atoms with Crippen molar-refractivity contribution in [2.45, 2.75) is 38.1 Å². The molecule has 0 spiro atoms. The first-order valence-corrected chi connectivity index (χ1v) is 8.43. The minimum Gasteiger partial charge on any atom is -0.396 e. The van der Waals surface area contributed by atoms with Gasteiger partial charge in [-0.15, -0.1) is 0 Å². The van der Waals surface area contributed by atoms with Gasteiger partial charge >= 0.3 is 0 Å². The lowest BCUT2D eigenvalue weighted by molar-refractivity contribution is 0.235. The van der Waals surface area contributed by atoms with Gasteiger partial charge in [0.15, 0.2) is 0 Å². The summed E-state index contributed by atoms with van der Waals surface area (Å²) in [4.78, 5) is 0.252. The fourth-order valence-electron chi connectivity index (χ4n) is 2.05. The van der Waals surface area contributed by atoms with Crippen LogP contribution in [-0.2, 0) is 10.0 Å². The normalized spacial score (nSPS) is 14.2. The topological polar surface area (TPSA) is 69.6 Å². The highest BCUT2D eigenvalue weighted by atomic mass is 32.2. The van der Waals surface area contributed by atoms with E-state index in [1.807, 2.05) is 0 Å². The SMILES string of the molecule is CN(C)S(=O)(=O)c1ccccc1NC(CCO)C(C)(C)C. The fourth-order valence-corrected chi connectivity index (χ4v) is 3.09. The molecule has 1 unspecified atom stereocenters. The third kappa shape index (κ3) is 4.43. The minimum atomic E-state index is -3.51. The van der Waals surface area contributed by atoms with E-state index < -0.39 is 10.0 Å². The molecule has 5 nitrogen and oxygen atoms in total. The van der Waals surface area contributed by atoms with E-state index in [1.165, 1.54) is 18.4 Å². The molecule has 1 rings (SSSR count). The Labute approximate surface area is 128 Å². The summed E-state index contributed by atoms with van der Waals surface area (Å²) in [7, 11) is -0.475. The summed E-state index contributed by atoms with van der Waals surface area (Å²) in [6.45, 7) is 6.23. The van der Waals surface area contributed by atoms with E-state index in [9.17, 15) is 13.5 Å². The van der Waals surface area contributed by atoms with E-state index >= 15 is 0 Å². The van der Waals surface area contributed by atoms with Gasteiger partial charge in [-0.3, -0.25) is 0 Å².